The summed E-state index contributed by atoms with van der Waals surface area (Å²) >= 11 is 0. The molecule has 1 aliphatic rings. The highest BCUT2D eigenvalue weighted by molar-refractivity contribution is 5.84. The number of ether oxygens (including phenoxy) is 1. The molecule has 2 rings (SSSR count). The van der Waals surface area contributed by atoms with Gasteiger partial charge in [-0.1, -0.05) is 30.3 Å². The predicted octanol–water partition coefficient (Wildman–Crippen LogP) is 1.47. The molecule has 1 saturated carbocycles. The average molecular weight is 219 g/mol. The molecule has 1 aliphatic carbocycles. The lowest BCUT2D eigenvalue weighted by Crippen LogP contribution is -2.50. The molecule has 86 valence electrons. The Labute approximate surface area is 95.6 Å². The molecule has 0 spiro atoms. The Morgan fingerprint density at radius 2 is 2.06 bits per heavy atom. The molecule has 16 heavy (non-hydrogen) atoms. The fraction of sp³-hybridized carbons (Fsp3) is 0.462. The van der Waals surface area contributed by atoms with Gasteiger partial charge in [0.1, 0.15) is 0 Å². The van der Waals surface area contributed by atoms with Gasteiger partial charge < -0.3 is 10.5 Å². The van der Waals surface area contributed by atoms with Crippen LogP contribution in [0.25, 0.3) is 0 Å². The van der Waals surface area contributed by atoms with Gasteiger partial charge in [0.2, 0.25) is 0 Å². The SMILES string of the molecule is COC(=O)C1(c2ccccc2)CC(CN)C1. The zero-order valence-electron chi connectivity index (χ0n) is 9.48. The van der Waals surface area contributed by atoms with Crippen LogP contribution in [0.4, 0.5) is 0 Å². The summed E-state index contributed by atoms with van der Waals surface area (Å²) in [5, 5.41) is 0. The molecule has 0 amide bonds. The van der Waals surface area contributed by atoms with Gasteiger partial charge in [-0.05, 0) is 30.9 Å². The highest BCUT2D eigenvalue weighted by atomic mass is 16.5. The lowest BCUT2D eigenvalue weighted by atomic mass is 9.58. The standard InChI is InChI=1S/C13H17NO2/c1-16-12(15)13(7-10(8-13)9-14)11-5-3-2-4-6-11/h2-6,10H,7-9,14H2,1H3. The van der Waals surface area contributed by atoms with E-state index < -0.39 is 5.41 Å². The van der Waals surface area contributed by atoms with Crippen LogP contribution in [0.1, 0.15) is 18.4 Å². The lowest BCUT2D eigenvalue weighted by Gasteiger charge is -2.45. The molecular formula is C13H17NO2. The molecule has 0 heterocycles. The zero-order chi connectivity index (χ0) is 11.6. The van der Waals surface area contributed by atoms with Crippen LogP contribution in [0.3, 0.4) is 0 Å². The predicted molar refractivity (Wildman–Crippen MR) is 61.9 cm³/mol. The summed E-state index contributed by atoms with van der Waals surface area (Å²) in [7, 11) is 1.45. The van der Waals surface area contributed by atoms with E-state index in [1.165, 1.54) is 7.11 Å². The van der Waals surface area contributed by atoms with E-state index in [1.54, 1.807) is 0 Å². The largest absolute Gasteiger partial charge is 0.468 e. The van der Waals surface area contributed by atoms with Crippen molar-refractivity contribution in [3.63, 3.8) is 0 Å². The second kappa shape index (κ2) is 4.26. The van der Waals surface area contributed by atoms with E-state index in [0.717, 1.165) is 18.4 Å². The Balaban J connectivity index is 2.28. The number of hydrogen-bond acceptors (Lipinski definition) is 3. The zero-order valence-corrected chi connectivity index (χ0v) is 9.48. The van der Waals surface area contributed by atoms with E-state index in [-0.39, 0.29) is 5.97 Å². The maximum absolute atomic E-state index is 11.9. The van der Waals surface area contributed by atoms with Crippen molar-refractivity contribution >= 4 is 5.97 Å². The average Bonchev–Trinajstić information content (AvgIpc) is 2.29. The number of benzene rings is 1. The Hall–Kier alpha value is -1.35. The Kier molecular flexibility index (Phi) is 2.97. The first-order valence-corrected chi connectivity index (χ1v) is 5.57. The first-order chi connectivity index (χ1) is 7.73. The molecule has 0 saturated heterocycles. The van der Waals surface area contributed by atoms with Gasteiger partial charge in [-0.25, -0.2) is 0 Å². The number of rotatable bonds is 3. The quantitative estimate of drug-likeness (QED) is 0.783. The first kappa shape index (κ1) is 11.1. The van der Waals surface area contributed by atoms with Crippen LogP contribution < -0.4 is 5.73 Å². The molecule has 3 heteroatoms. The molecule has 0 aliphatic heterocycles. The second-order valence-corrected chi connectivity index (χ2v) is 4.45. The van der Waals surface area contributed by atoms with Crippen molar-refractivity contribution in [1.82, 2.24) is 0 Å². The fourth-order valence-corrected chi connectivity index (χ4v) is 2.57. The molecule has 1 aromatic carbocycles. The minimum Gasteiger partial charge on any atom is -0.468 e. The van der Waals surface area contributed by atoms with E-state index in [0.29, 0.717) is 12.5 Å². The lowest BCUT2D eigenvalue weighted by molar-refractivity contribution is -0.153. The van der Waals surface area contributed by atoms with E-state index in [2.05, 4.69) is 0 Å². The molecule has 0 radical (unpaired) electrons. The Morgan fingerprint density at radius 3 is 2.56 bits per heavy atom. The van der Waals surface area contributed by atoms with Gasteiger partial charge in [0, 0.05) is 0 Å². The molecule has 0 atom stereocenters. The summed E-state index contributed by atoms with van der Waals surface area (Å²) in [4.78, 5) is 11.9. The van der Waals surface area contributed by atoms with Gasteiger partial charge in [-0.3, -0.25) is 4.79 Å². The topological polar surface area (TPSA) is 52.3 Å². The number of methoxy groups -OCH3 is 1. The van der Waals surface area contributed by atoms with Crippen LogP contribution in [0.15, 0.2) is 30.3 Å². The summed E-state index contributed by atoms with van der Waals surface area (Å²) in [5.41, 5.74) is 6.23. The maximum atomic E-state index is 11.9. The molecule has 0 unspecified atom stereocenters. The van der Waals surface area contributed by atoms with Crippen molar-refractivity contribution < 1.29 is 9.53 Å². The fourth-order valence-electron chi connectivity index (χ4n) is 2.57. The van der Waals surface area contributed by atoms with Gasteiger partial charge in [0.25, 0.3) is 0 Å². The number of hydrogen-bond donors (Lipinski definition) is 1. The molecule has 1 aromatic rings. The number of carbonyl (C=O) groups excluding carboxylic acids is 1. The third-order valence-electron chi connectivity index (χ3n) is 3.51. The van der Waals surface area contributed by atoms with Gasteiger partial charge in [-0.2, -0.15) is 0 Å². The van der Waals surface area contributed by atoms with Crippen LogP contribution in [-0.2, 0) is 14.9 Å². The van der Waals surface area contributed by atoms with E-state index in [4.69, 9.17) is 10.5 Å². The number of nitrogens with two attached hydrogens (primary N) is 1. The Morgan fingerprint density at radius 1 is 1.44 bits per heavy atom. The summed E-state index contributed by atoms with van der Waals surface area (Å²) in [6, 6.07) is 9.84. The smallest absolute Gasteiger partial charge is 0.316 e. The van der Waals surface area contributed by atoms with Crippen molar-refractivity contribution in [2.75, 3.05) is 13.7 Å². The molecule has 2 N–H and O–H groups in total. The summed E-state index contributed by atoms with van der Waals surface area (Å²) < 4.78 is 4.92. The second-order valence-electron chi connectivity index (χ2n) is 4.45. The third kappa shape index (κ3) is 1.61. The first-order valence-electron chi connectivity index (χ1n) is 5.57. The van der Waals surface area contributed by atoms with E-state index >= 15 is 0 Å². The molecule has 0 bridgehead atoms. The van der Waals surface area contributed by atoms with Crippen molar-refractivity contribution in [3.8, 4) is 0 Å². The summed E-state index contributed by atoms with van der Waals surface area (Å²) in [6.45, 7) is 0.644. The van der Waals surface area contributed by atoms with Gasteiger partial charge in [0.05, 0.1) is 12.5 Å². The van der Waals surface area contributed by atoms with Crippen molar-refractivity contribution in [1.29, 1.82) is 0 Å². The normalized spacial score (nSPS) is 28.2. The van der Waals surface area contributed by atoms with Crippen LogP contribution in [-0.4, -0.2) is 19.6 Å². The summed E-state index contributed by atoms with van der Waals surface area (Å²) in [6.07, 6.45) is 1.61. The van der Waals surface area contributed by atoms with Gasteiger partial charge in [-0.15, -0.1) is 0 Å². The minimum atomic E-state index is -0.444. The highest BCUT2D eigenvalue weighted by Gasteiger charge is 2.51. The molecular weight excluding hydrogens is 202 g/mol. The number of carbonyl (C=O) groups is 1. The Bertz CT molecular complexity index is 369. The monoisotopic (exact) mass is 219 g/mol. The van der Waals surface area contributed by atoms with Crippen molar-refractivity contribution in [2.45, 2.75) is 18.3 Å². The van der Waals surface area contributed by atoms with Crippen molar-refractivity contribution in [3.05, 3.63) is 35.9 Å². The van der Waals surface area contributed by atoms with Crippen LogP contribution >= 0.6 is 0 Å². The summed E-state index contributed by atoms with van der Waals surface area (Å²) in [5.74, 6) is 0.308. The minimum absolute atomic E-state index is 0.136. The third-order valence-corrected chi connectivity index (χ3v) is 3.51. The van der Waals surface area contributed by atoms with Crippen LogP contribution in [0, 0.1) is 5.92 Å². The van der Waals surface area contributed by atoms with Crippen molar-refractivity contribution in [2.24, 2.45) is 11.7 Å². The maximum Gasteiger partial charge on any atom is 0.316 e. The van der Waals surface area contributed by atoms with E-state index in [1.807, 2.05) is 30.3 Å². The van der Waals surface area contributed by atoms with E-state index in [9.17, 15) is 4.79 Å². The van der Waals surface area contributed by atoms with Crippen LogP contribution in [0.5, 0.6) is 0 Å². The van der Waals surface area contributed by atoms with Gasteiger partial charge in [0.15, 0.2) is 0 Å². The van der Waals surface area contributed by atoms with Gasteiger partial charge >= 0.3 is 5.97 Å². The highest BCUT2D eigenvalue weighted by Crippen LogP contribution is 2.48. The molecule has 1 fully saturated rings. The number of esters is 1. The molecule has 0 aromatic heterocycles. The molecule has 3 nitrogen and oxygen atoms in total. The van der Waals surface area contributed by atoms with Crippen LogP contribution in [0.2, 0.25) is 0 Å².